The van der Waals surface area contributed by atoms with Gasteiger partial charge in [-0.2, -0.15) is 0 Å². The third-order valence-electron chi connectivity index (χ3n) is 3.63. The Morgan fingerprint density at radius 2 is 1.41 bits per heavy atom. The molecule has 17 heavy (non-hydrogen) atoms. The fourth-order valence-corrected chi connectivity index (χ4v) is 5.03. The summed E-state index contributed by atoms with van der Waals surface area (Å²) in [5.41, 5.74) is 2.37. The maximum atomic E-state index is 4.20. The lowest BCUT2D eigenvalue weighted by atomic mass is 10.1. The predicted molar refractivity (Wildman–Crippen MR) is 82.0 cm³/mol. The van der Waals surface area contributed by atoms with Gasteiger partial charge in [-0.1, -0.05) is 53.4 Å². The normalized spacial score (nSPS) is 11.1. The Labute approximate surface area is 106 Å². The smallest absolute Gasteiger partial charge is 0.103 e. The van der Waals surface area contributed by atoms with E-state index >= 15 is 0 Å². The molecule has 0 spiro atoms. The molecule has 0 heterocycles. The average molecular weight is 242 g/mol. The number of benzene rings is 1. The van der Waals surface area contributed by atoms with Crippen LogP contribution in [0.15, 0.2) is 54.4 Å². The van der Waals surface area contributed by atoms with E-state index in [0.29, 0.717) is 0 Å². The van der Waals surface area contributed by atoms with Gasteiger partial charge in [0.05, 0.1) is 0 Å². The van der Waals surface area contributed by atoms with E-state index in [-0.39, 0.29) is 0 Å². The van der Waals surface area contributed by atoms with Crippen LogP contribution in [-0.4, -0.2) is 8.07 Å². The molecule has 0 atom stereocenters. The van der Waals surface area contributed by atoms with Crippen LogP contribution in [0, 0.1) is 0 Å². The lowest BCUT2D eigenvalue weighted by Crippen LogP contribution is -2.49. The molecule has 0 saturated heterocycles. The maximum absolute atomic E-state index is 4.20. The molecule has 1 aromatic rings. The molecule has 1 aromatic carbocycles. The molecule has 1 heteroatoms. The average Bonchev–Trinajstić information content (AvgIpc) is 2.27. The lowest BCUT2D eigenvalue weighted by Gasteiger charge is -2.31. The molecule has 0 nitrogen and oxygen atoms in total. The van der Waals surface area contributed by atoms with E-state index in [2.05, 4.69) is 71.3 Å². The highest BCUT2D eigenvalue weighted by molar-refractivity contribution is 7.02. The molecule has 0 aliphatic heterocycles. The Morgan fingerprint density at radius 3 is 1.82 bits per heavy atom. The zero-order valence-corrected chi connectivity index (χ0v) is 12.4. The molecule has 90 valence electrons. The second-order valence-corrected chi connectivity index (χ2v) is 9.51. The minimum atomic E-state index is -1.84. The van der Waals surface area contributed by atoms with E-state index in [4.69, 9.17) is 0 Å². The van der Waals surface area contributed by atoms with Crippen LogP contribution in [0.2, 0.25) is 6.55 Å². The van der Waals surface area contributed by atoms with E-state index in [1.54, 1.807) is 0 Å². The predicted octanol–water partition coefficient (Wildman–Crippen LogP) is 4.24. The monoisotopic (exact) mass is 242 g/mol. The Kier molecular flexibility index (Phi) is 3.94. The van der Waals surface area contributed by atoms with Gasteiger partial charge < -0.3 is 0 Å². The van der Waals surface area contributed by atoms with Gasteiger partial charge in [-0.3, -0.25) is 0 Å². The van der Waals surface area contributed by atoms with Crippen molar-refractivity contribution in [3.05, 3.63) is 60.0 Å². The van der Waals surface area contributed by atoms with Gasteiger partial charge in [0, 0.05) is 0 Å². The molecule has 0 aliphatic rings. The van der Waals surface area contributed by atoms with Crippen molar-refractivity contribution in [3.8, 4) is 0 Å². The highest BCUT2D eigenvalue weighted by atomic mass is 28.3. The first-order chi connectivity index (χ1) is 7.81. The van der Waals surface area contributed by atoms with Crippen LogP contribution >= 0.6 is 0 Å². The van der Waals surface area contributed by atoms with Crippen molar-refractivity contribution in [2.45, 2.75) is 27.3 Å². The molecule has 0 fully saturated rings. The molecule has 0 N–H and O–H groups in total. The van der Waals surface area contributed by atoms with Crippen LogP contribution in [0.3, 0.4) is 0 Å². The van der Waals surface area contributed by atoms with Gasteiger partial charge in [-0.15, -0.1) is 13.2 Å². The largest absolute Gasteiger partial charge is 0.136 e. The first-order valence-corrected chi connectivity index (χ1v) is 8.39. The quantitative estimate of drug-likeness (QED) is 0.693. The maximum Gasteiger partial charge on any atom is 0.136 e. The zero-order valence-electron chi connectivity index (χ0n) is 11.4. The van der Waals surface area contributed by atoms with Gasteiger partial charge in [0.1, 0.15) is 8.07 Å². The fraction of sp³-hybridized carbons (Fsp3) is 0.250. The highest BCUT2D eigenvalue weighted by Crippen LogP contribution is 2.24. The first kappa shape index (κ1) is 13.7. The minimum absolute atomic E-state index is 1.11. The molecule has 0 aromatic heterocycles. The van der Waals surface area contributed by atoms with Crippen molar-refractivity contribution in [1.29, 1.82) is 0 Å². The molecule has 1 rings (SSSR count). The second-order valence-electron chi connectivity index (χ2n) is 5.01. The highest BCUT2D eigenvalue weighted by Gasteiger charge is 2.33. The molecular weight excluding hydrogens is 220 g/mol. The van der Waals surface area contributed by atoms with Crippen LogP contribution in [-0.2, 0) is 0 Å². The second kappa shape index (κ2) is 4.88. The number of allylic oxidation sites excluding steroid dienone is 3. The molecular formula is C16H22Si. The summed E-state index contributed by atoms with van der Waals surface area (Å²) in [6.07, 6.45) is 0. The van der Waals surface area contributed by atoms with Crippen LogP contribution in [0.1, 0.15) is 26.3 Å². The molecule has 0 bridgehead atoms. The van der Waals surface area contributed by atoms with Gasteiger partial charge in [0.25, 0.3) is 0 Å². The fourth-order valence-electron chi connectivity index (χ4n) is 2.12. The van der Waals surface area contributed by atoms with Gasteiger partial charge >= 0.3 is 0 Å². The molecule has 0 unspecified atom stereocenters. The van der Waals surface area contributed by atoms with E-state index in [1.165, 1.54) is 21.1 Å². The summed E-state index contributed by atoms with van der Waals surface area (Å²) in [7, 11) is -1.84. The van der Waals surface area contributed by atoms with Crippen molar-refractivity contribution in [3.63, 3.8) is 0 Å². The summed E-state index contributed by atoms with van der Waals surface area (Å²) in [6.45, 7) is 21.1. The van der Waals surface area contributed by atoms with Crippen LogP contribution in [0.4, 0.5) is 0 Å². The van der Waals surface area contributed by atoms with Crippen molar-refractivity contribution in [2.75, 3.05) is 0 Å². The summed E-state index contributed by atoms with van der Waals surface area (Å²) in [6, 6.07) is 8.52. The van der Waals surface area contributed by atoms with Crippen molar-refractivity contribution in [2.24, 2.45) is 0 Å². The molecule has 0 saturated carbocycles. The Morgan fingerprint density at radius 1 is 0.941 bits per heavy atom. The molecule has 0 radical (unpaired) electrons. The zero-order chi connectivity index (χ0) is 13.2. The van der Waals surface area contributed by atoms with Crippen molar-refractivity contribution >= 4 is 18.8 Å². The van der Waals surface area contributed by atoms with Crippen LogP contribution < -0.4 is 5.19 Å². The van der Waals surface area contributed by atoms with Gasteiger partial charge in [-0.25, -0.2) is 0 Å². The first-order valence-electron chi connectivity index (χ1n) is 5.89. The van der Waals surface area contributed by atoms with Crippen LogP contribution in [0.5, 0.6) is 0 Å². The van der Waals surface area contributed by atoms with Crippen molar-refractivity contribution < 1.29 is 0 Å². The van der Waals surface area contributed by atoms with Gasteiger partial charge in [0.15, 0.2) is 0 Å². The summed E-state index contributed by atoms with van der Waals surface area (Å²) >= 11 is 0. The summed E-state index contributed by atoms with van der Waals surface area (Å²) in [4.78, 5) is 0. The third-order valence-corrected chi connectivity index (χ3v) is 8.56. The van der Waals surface area contributed by atoms with Gasteiger partial charge in [0.2, 0.25) is 0 Å². The van der Waals surface area contributed by atoms with E-state index in [0.717, 1.165) is 5.57 Å². The van der Waals surface area contributed by atoms with E-state index in [1.807, 2.05) is 0 Å². The number of rotatable bonds is 4. The standard InChI is InChI=1S/C16H22Si/c1-12(2)15-10-8-9-11-16(15)17(7,13(3)4)14(5)6/h8-11H,1,3,5H2,2,4,6-7H3. The molecule has 0 amide bonds. The topological polar surface area (TPSA) is 0 Å². The minimum Gasteiger partial charge on any atom is -0.103 e. The third kappa shape index (κ3) is 2.34. The Bertz CT molecular complexity index is 466. The Balaban J connectivity index is 3.55. The van der Waals surface area contributed by atoms with E-state index in [9.17, 15) is 0 Å². The Hall–Kier alpha value is -1.34. The number of hydrogen-bond acceptors (Lipinski definition) is 0. The van der Waals surface area contributed by atoms with Gasteiger partial charge in [-0.05, 0) is 31.5 Å². The number of hydrogen-bond donors (Lipinski definition) is 0. The van der Waals surface area contributed by atoms with E-state index < -0.39 is 8.07 Å². The van der Waals surface area contributed by atoms with Crippen molar-refractivity contribution in [1.82, 2.24) is 0 Å². The summed E-state index contributed by atoms with van der Waals surface area (Å²) < 4.78 is 0. The summed E-state index contributed by atoms with van der Waals surface area (Å²) in [5.74, 6) is 0. The molecule has 0 aliphatic carbocycles. The lowest BCUT2D eigenvalue weighted by molar-refractivity contribution is 1.50. The SMILES string of the molecule is C=C(C)c1ccccc1[Si](C)(C(=C)C)C(=C)C. The summed E-state index contributed by atoms with van der Waals surface area (Å²) in [5, 5.41) is 3.88. The van der Waals surface area contributed by atoms with Crippen LogP contribution in [0.25, 0.3) is 5.57 Å².